The molecule has 3 rings (SSSR count). The first-order valence-corrected chi connectivity index (χ1v) is 11.5. The summed E-state index contributed by atoms with van der Waals surface area (Å²) in [6.07, 6.45) is 1.79. The summed E-state index contributed by atoms with van der Waals surface area (Å²) in [4.78, 5) is 15.3. The van der Waals surface area contributed by atoms with Crippen LogP contribution in [-0.4, -0.2) is 38.2 Å². The van der Waals surface area contributed by atoms with Crippen LogP contribution in [0.2, 0.25) is 0 Å². The van der Waals surface area contributed by atoms with Crippen molar-refractivity contribution >= 4 is 5.97 Å². The van der Waals surface area contributed by atoms with E-state index in [4.69, 9.17) is 14.2 Å². The van der Waals surface area contributed by atoms with Crippen molar-refractivity contribution in [2.45, 2.75) is 39.5 Å². The quantitative estimate of drug-likeness (QED) is 0.469. The van der Waals surface area contributed by atoms with Gasteiger partial charge in [0.25, 0.3) is 0 Å². The van der Waals surface area contributed by atoms with E-state index in [2.05, 4.69) is 23.1 Å². The van der Waals surface area contributed by atoms with E-state index in [-0.39, 0.29) is 6.61 Å². The molecule has 1 aliphatic rings. The number of benzene rings is 2. The molecule has 0 spiro atoms. The molecule has 0 fully saturated rings. The zero-order chi connectivity index (χ0) is 24.7. The molecular formula is C28H32N2O4. The molecule has 0 amide bonds. The second-order valence-electron chi connectivity index (χ2n) is 8.12. The molecule has 6 heteroatoms. The molecule has 0 saturated heterocycles. The SMILES string of the molecule is CCOC(=O)C1=C(C)N(CCCc2ccccc2)C(C)=C(C#N)C1c1ccc(OC)c(OC)c1. The number of carbonyl (C=O) groups excluding carboxylic acids is 1. The van der Waals surface area contributed by atoms with E-state index in [0.717, 1.165) is 29.8 Å². The van der Waals surface area contributed by atoms with Crippen LogP contribution in [0.4, 0.5) is 0 Å². The molecule has 6 nitrogen and oxygen atoms in total. The normalized spacial score (nSPS) is 15.8. The molecule has 0 N–H and O–H groups in total. The standard InChI is InChI=1S/C28H32N2O4/c1-6-34-28(31)26-20(3)30(16-10-13-21-11-8-7-9-12-21)19(2)23(18-29)27(26)22-14-15-24(32-4)25(17-22)33-5/h7-9,11-12,14-15,17,27H,6,10,13,16H2,1-5H3. The Hall–Kier alpha value is -3.72. The van der Waals surface area contributed by atoms with Gasteiger partial charge in [0, 0.05) is 17.9 Å². The van der Waals surface area contributed by atoms with Crippen LogP contribution in [0.1, 0.15) is 44.2 Å². The maximum absolute atomic E-state index is 13.2. The molecule has 0 aromatic heterocycles. The molecule has 0 saturated carbocycles. The fourth-order valence-corrected chi connectivity index (χ4v) is 4.51. The van der Waals surface area contributed by atoms with E-state index in [0.29, 0.717) is 29.2 Å². The van der Waals surface area contributed by atoms with E-state index >= 15 is 0 Å². The molecule has 2 aromatic carbocycles. The molecule has 34 heavy (non-hydrogen) atoms. The number of ether oxygens (including phenoxy) is 3. The van der Waals surface area contributed by atoms with Gasteiger partial charge in [-0.15, -0.1) is 0 Å². The first kappa shape index (κ1) is 24.9. The van der Waals surface area contributed by atoms with Crippen molar-refractivity contribution in [1.82, 2.24) is 4.90 Å². The molecule has 178 valence electrons. The number of methoxy groups -OCH3 is 2. The van der Waals surface area contributed by atoms with Crippen molar-refractivity contribution in [3.63, 3.8) is 0 Å². The summed E-state index contributed by atoms with van der Waals surface area (Å²) < 4.78 is 16.3. The lowest BCUT2D eigenvalue weighted by atomic mass is 9.80. The van der Waals surface area contributed by atoms with Gasteiger partial charge in [-0.2, -0.15) is 5.26 Å². The Morgan fingerprint density at radius 2 is 1.74 bits per heavy atom. The predicted octanol–water partition coefficient (Wildman–Crippen LogP) is 5.37. The monoisotopic (exact) mass is 460 g/mol. The van der Waals surface area contributed by atoms with Gasteiger partial charge in [-0.25, -0.2) is 4.79 Å². The van der Waals surface area contributed by atoms with Gasteiger partial charge in [0.2, 0.25) is 0 Å². The van der Waals surface area contributed by atoms with Crippen molar-refractivity contribution in [2.24, 2.45) is 0 Å². The number of nitrogens with zero attached hydrogens (tertiary/aromatic N) is 2. The minimum atomic E-state index is -0.547. The summed E-state index contributed by atoms with van der Waals surface area (Å²) in [5, 5.41) is 10.2. The van der Waals surface area contributed by atoms with Gasteiger partial charge >= 0.3 is 5.97 Å². The zero-order valence-electron chi connectivity index (χ0n) is 20.6. The summed E-state index contributed by atoms with van der Waals surface area (Å²) >= 11 is 0. The van der Waals surface area contributed by atoms with Gasteiger partial charge in [-0.1, -0.05) is 36.4 Å². The van der Waals surface area contributed by atoms with Crippen molar-refractivity contribution < 1.29 is 19.0 Å². The molecule has 1 aliphatic heterocycles. The third-order valence-corrected chi connectivity index (χ3v) is 6.21. The second kappa shape index (κ2) is 11.4. The highest BCUT2D eigenvalue weighted by atomic mass is 16.5. The third-order valence-electron chi connectivity index (χ3n) is 6.21. The Balaban J connectivity index is 2.03. The summed E-state index contributed by atoms with van der Waals surface area (Å²) in [5.74, 6) is 0.172. The van der Waals surface area contributed by atoms with Gasteiger partial charge in [0.15, 0.2) is 11.5 Å². The second-order valence-corrected chi connectivity index (χ2v) is 8.12. The first-order valence-electron chi connectivity index (χ1n) is 11.5. The Kier molecular flexibility index (Phi) is 8.37. The van der Waals surface area contributed by atoms with Crippen LogP contribution in [0.3, 0.4) is 0 Å². The fraction of sp³-hybridized carbons (Fsp3) is 0.357. The molecule has 0 aliphatic carbocycles. The molecule has 1 unspecified atom stereocenters. The topological polar surface area (TPSA) is 71.8 Å². The average Bonchev–Trinajstić information content (AvgIpc) is 2.86. The van der Waals surface area contributed by atoms with Crippen LogP contribution in [0.15, 0.2) is 71.1 Å². The van der Waals surface area contributed by atoms with Crippen molar-refractivity contribution in [3.8, 4) is 17.6 Å². The van der Waals surface area contributed by atoms with Crippen LogP contribution >= 0.6 is 0 Å². The van der Waals surface area contributed by atoms with Crippen molar-refractivity contribution in [2.75, 3.05) is 27.4 Å². The van der Waals surface area contributed by atoms with Crippen LogP contribution in [0.25, 0.3) is 0 Å². The van der Waals surface area contributed by atoms with Crippen LogP contribution in [0, 0.1) is 11.3 Å². The largest absolute Gasteiger partial charge is 0.493 e. The van der Waals surface area contributed by atoms with E-state index < -0.39 is 11.9 Å². The highest BCUT2D eigenvalue weighted by molar-refractivity contribution is 5.93. The zero-order valence-corrected chi connectivity index (χ0v) is 20.6. The van der Waals surface area contributed by atoms with Gasteiger partial charge in [-0.3, -0.25) is 0 Å². The van der Waals surface area contributed by atoms with E-state index in [1.165, 1.54) is 5.56 Å². The van der Waals surface area contributed by atoms with Crippen LogP contribution in [0.5, 0.6) is 11.5 Å². The smallest absolute Gasteiger partial charge is 0.336 e. The fourth-order valence-electron chi connectivity index (χ4n) is 4.51. The highest BCUT2D eigenvalue weighted by Gasteiger charge is 2.37. The lowest BCUT2D eigenvalue weighted by Gasteiger charge is -2.37. The van der Waals surface area contributed by atoms with Gasteiger partial charge in [-0.05, 0) is 56.9 Å². The van der Waals surface area contributed by atoms with Crippen molar-refractivity contribution in [3.05, 3.63) is 82.2 Å². The van der Waals surface area contributed by atoms with Gasteiger partial charge < -0.3 is 19.1 Å². The minimum Gasteiger partial charge on any atom is -0.493 e. The molecule has 0 bridgehead atoms. The van der Waals surface area contributed by atoms with E-state index in [1.54, 1.807) is 27.2 Å². The van der Waals surface area contributed by atoms with Crippen LogP contribution < -0.4 is 9.47 Å². The number of esters is 1. The summed E-state index contributed by atoms with van der Waals surface area (Å²) in [6, 6.07) is 18.2. The number of aryl methyl sites for hydroxylation is 1. The molecule has 2 aromatic rings. The van der Waals surface area contributed by atoms with Gasteiger partial charge in [0.1, 0.15) is 0 Å². The Bertz CT molecular complexity index is 1130. The molecule has 0 radical (unpaired) electrons. The number of hydrogen-bond acceptors (Lipinski definition) is 6. The Labute approximate surface area is 202 Å². The number of carbonyl (C=O) groups is 1. The van der Waals surface area contributed by atoms with Crippen LogP contribution in [-0.2, 0) is 16.0 Å². The lowest BCUT2D eigenvalue weighted by molar-refractivity contribution is -0.139. The third kappa shape index (κ3) is 5.09. The van der Waals surface area contributed by atoms with Gasteiger partial charge in [0.05, 0.1) is 44.0 Å². The highest BCUT2D eigenvalue weighted by Crippen LogP contribution is 2.44. The number of nitriles is 1. The molecule has 1 atom stereocenters. The molecule has 1 heterocycles. The summed E-state index contributed by atoms with van der Waals surface area (Å²) in [7, 11) is 3.14. The maximum Gasteiger partial charge on any atom is 0.336 e. The predicted molar refractivity (Wildman–Crippen MR) is 131 cm³/mol. The first-order chi connectivity index (χ1) is 16.5. The lowest BCUT2D eigenvalue weighted by Crippen LogP contribution is -2.33. The minimum absolute atomic E-state index is 0.257. The Morgan fingerprint density at radius 3 is 2.35 bits per heavy atom. The number of hydrogen-bond donors (Lipinski definition) is 0. The summed E-state index contributed by atoms with van der Waals surface area (Å²) in [5.41, 5.74) is 4.71. The number of allylic oxidation sites excluding steroid dienone is 3. The van der Waals surface area contributed by atoms with E-state index in [9.17, 15) is 10.1 Å². The maximum atomic E-state index is 13.2. The van der Waals surface area contributed by atoms with Crippen molar-refractivity contribution in [1.29, 1.82) is 5.26 Å². The average molecular weight is 461 g/mol. The van der Waals surface area contributed by atoms with E-state index in [1.807, 2.05) is 44.2 Å². The number of rotatable bonds is 9. The Morgan fingerprint density at radius 1 is 1.03 bits per heavy atom. The molecular weight excluding hydrogens is 428 g/mol. The summed E-state index contributed by atoms with van der Waals surface area (Å²) in [6.45, 7) is 6.61.